The summed E-state index contributed by atoms with van der Waals surface area (Å²) in [6.45, 7) is 0.587. The van der Waals surface area contributed by atoms with Crippen molar-refractivity contribution in [1.29, 1.82) is 5.26 Å². The van der Waals surface area contributed by atoms with Gasteiger partial charge in [-0.1, -0.05) is 35.9 Å². The molecule has 26 heavy (non-hydrogen) atoms. The number of rotatable bonds is 4. The zero-order valence-electron chi connectivity index (χ0n) is 13.8. The van der Waals surface area contributed by atoms with Crippen LogP contribution in [0.2, 0.25) is 5.02 Å². The molecule has 0 amide bonds. The number of fused-ring (bicyclic) bond motifs is 1. The van der Waals surface area contributed by atoms with Crippen LogP contribution in [-0.4, -0.2) is 9.55 Å². The number of aromatic nitrogens is 2. The van der Waals surface area contributed by atoms with Gasteiger partial charge in [0.25, 0.3) is 0 Å². The third-order valence-electron chi connectivity index (χ3n) is 4.10. The SMILES string of the molecule is N#CC(=Cc1ccco1)c1nc2ccccc2n1Cc1ccc(Cl)cc1. The van der Waals surface area contributed by atoms with E-state index in [1.165, 1.54) is 0 Å². The van der Waals surface area contributed by atoms with E-state index in [9.17, 15) is 5.26 Å². The van der Waals surface area contributed by atoms with Crippen molar-refractivity contribution in [2.24, 2.45) is 0 Å². The fraction of sp³-hybridized carbons (Fsp3) is 0.0476. The van der Waals surface area contributed by atoms with Crippen molar-refractivity contribution in [2.75, 3.05) is 0 Å². The largest absolute Gasteiger partial charge is 0.465 e. The minimum absolute atomic E-state index is 0.449. The Labute approximate surface area is 155 Å². The van der Waals surface area contributed by atoms with Crippen LogP contribution in [0.25, 0.3) is 22.7 Å². The lowest BCUT2D eigenvalue weighted by Gasteiger charge is -2.09. The number of para-hydroxylation sites is 2. The van der Waals surface area contributed by atoms with Crippen LogP contribution in [0, 0.1) is 11.3 Å². The second-order valence-electron chi connectivity index (χ2n) is 5.82. The number of allylic oxidation sites excluding steroid dienone is 1. The number of hydrogen-bond donors (Lipinski definition) is 0. The van der Waals surface area contributed by atoms with Gasteiger partial charge in [0.1, 0.15) is 11.8 Å². The quantitative estimate of drug-likeness (QED) is 0.459. The summed E-state index contributed by atoms with van der Waals surface area (Å²) in [5.41, 5.74) is 3.34. The molecule has 0 saturated carbocycles. The first-order valence-electron chi connectivity index (χ1n) is 8.10. The molecule has 0 aliphatic rings. The Hall–Kier alpha value is -3.29. The first-order chi connectivity index (χ1) is 12.7. The van der Waals surface area contributed by atoms with E-state index in [-0.39, 0.29) is 0 Å². The molecule has 2 heterocycles. The summed E-state index contributed by atoms with van der Waals surface area (Å²) in [6.07, 6.45) is 3.29. The Balaban J connectivity index is 1.86. The van der Waals surface area contributed by atoms with Gasteiger partial charge in [-0.05, 0) is 42.0 Å². The van der Waals surface area contributed by atoms with Crippen LogP contribution in [-0.2, 0) is 6.54 Å². The van der Waals surface area contributed by atoms with E-state index in [0.717, 1.165) is 16.6 Å². The van der Waals surface area contributed by atoms with Crippen molar-refractivity contribution >= 4 is 34.3 Å². The lowest BCUT2D eigenvalue weighted by atomic mass is 10.2. The topological polar surface area (TPSA) is 54.8 Å². The van der Waals surface area contributed by atoms with Crippen molar-refractivity contribution < 1.29 is 4.42 Å². The molecule has 0 aliphatic carbocycles. The van der Waals surface area contributed by atoms with Gasteiger partial charge in [0.2, 0.25) is 0 Å². The molecule has 0 spiro atoms. The monoisotopic (exact) mass is 359 g/mol. The zero-order valence-corrected chi connectivity index (χ0v) is 14.5. The number of benzene rings is 2. The molecule has 4 nitrogen and oxygen atoms in total. The van der Waals surface area contributed by atoms with Gasteiger partial charge in [-0.3, -0.25) is 0 Å². The first-order valence-corrected chi connectivity index (χ1v) is 8.48. The Bertz CT molecular complexity index is 1120. The van der Waals surface area contributed by atoms with Crippen LogP contribution < -0.4 is 0 Å². The normalized spacial score (nSPS) is 11.6. The van der Waals surface area contributed by atoms with Crippen molar-refractivity contribution in [1.82, 2.24) is 9.55 Å². The average Bonchev–Trinajstić information content (AvgIpc) is 3.30. The first kappa shape index (κ1) is 16.2. The van der Waals surface area contributed by atoms with E-state index in [4.69, 9.17) is 16.0 Å². The van der Waals surface area contributed by atoms with Crippen LogP contribution in [0.5, 0.6) is 0 Å². The standard InChI is InChI=1S/C21H14ClN3O/c22-17-9-7-15(8-10-17)14-25-20-6-2-1-5-19(20)24-21(25)16(13-23)12-18-4-3-11-26-18/h1-12H,14H2. The molecule has 0 saturated heterocycles. The van der Waals surface area contributed by atoms with E-state index in [0.29, 0.717) is 28.7 Å². The predicted octanol–water partition coefficient (Wildman–Crippen LogP) is 5.40. The van der Waals surface area contributed by atoms with Gasteiger partial charge >= 0.3 is 0 Å². The second kappa shape index (κ2) is 6.91. The van der Waals surface area contributed by atoms with E-state index in [1.807, 2.05) is 59.2 Å². The summed E-state index contributed by atoms with van der Waals surface area (Å²) in [7, 11) is 0. The van der Waals surface area contributed by atoms with Gasteiger partial charge in [-0.2, -0.15) is 5.26 Å². The van der Waals surface area contributed by atoms with Crippen LogP contribution >= 0.6 is 11.6 Å². The van der Waals surface area contributed by atoms with Crippen molar-refractivity contribution in [2.45, 2.75) is 6.54 Å². The van der Waals surface area contributed by atoms with Gasteiger partial charge in [0, 0.05) is 17.6 Å². The van der Waals surface area contributed by atoms with E-state index in [1.54, 1.807) is 18.4 Å². The number of imidazole rings is 1. The predicted molar refractivity (Wildman–Crippen MR) is 102 cm³/mol. The second-order valence-corrected chi connectivity index (χ2v) is 6.26. The highest BCUT2D eigenvalue weighted by Gasteiger charge is 2.15. The third kappa shape index (κ3) is 3.13. The number of nitrogens with zero attached hydrogens (tertiary/aromatic N) is 3. The maximum absolute atomic E-state index is 9.70. The van der Waals surface area contributed by atoms with Crippen LogP contribution in [0.4, 0.5) is 0 Å². The molecule has 4 aromatic rings. The Morgan fingerprint density at radius 1 is 1.12 bits per heavy atom. The lowest BCUT2D eigenvalue weighted by molar-refractivity contribution is 0.557. The maximum Gasteiger partial charge on any atom is 0.152 e. The van der Waals surface area contributed by atoms with Gasteiger partial charge in [-0.15, -0.1) is 0 Å². The molecule has 0 radical (unpaired) electrons. The fourth-order valence-corrected chi connectivity index (χ4v) is 3.00. The van der Waals surface area contributed by atoms with E-state index >= 15 is 0 Å². The number of hydrogen-bond acceptors (Lipinski definition) is 3. The van der Waals surface area contributed by atoms with Gasteiger partial charge in [0.15, 0.2) is 5.82 Å². The molecule has 0 bridgehead atoms. The Morgan fingerprint density at radius 2 is 1.92 bits per heavy atom. The summed E-state index contributed by atoms with van der Waals surface area (Å²) in [5.74, 6) is 1.23. The average molecular weight is 360 g/mol. The molecular formula is C21H14ClN3O. The summed E-state index contributed by atoms with van der Waals surface area (Å²) < 4.78 is 7.39. The molecule has 0 fully saturated rings. The summed E-state index contributed by atoms with van der Waals surface area (Å²) in [6, 6.07) is 21.4. The Morgan fingerprint density at radius 3 is 2.65 bits per heavy atom. The molecular weight excluding hydrogens is 346 g/mol. The minimum Gasteiger partial charge on any atom is -0.465 e. The third-order valence-corrected chi connectivity index (χ3v) is 4.35. The maximum atomic E-state index is 9.70. The molecule has 2 aromatic carbocycles. The van der Waals surface area contributed by atoms with E-state index in [2.05, 4.69) is 11.1 Å². The lowest BCUT2D eigenvalue weighted by Crippen LogP contribution is -2.04. The van der Waals surface area contributed by atoms with Crippen molar-refractivity contribution in [3.05, 3.63) is 89.1 Å². The molecule has 0 aliphatic heterocycles. The fourth-order valence-electron chi connectivity index (χ4n) is 2.88. The van der Waals surface area contributed by atoms with Crippen molar-refractivity contribution in [3.8, 4) is 6.07 Å². The highest BCUT2D eigenvalue weighted by Crippen LogP contribution is 2.25. The van der Waals surface area contributed by atoms with Crippen molar-refractivity contribution in [3.63, 3.8) is 0 Å². The van der Waals surface area contributed by atoms with Crippen LogP contribution in [0.3, 0.4) is 0 Å². The van der Waals surface area contributed by atoms with Gasteiger partial charge < -0.3 is 8.98 Å². The smallest absolute Gasteiger partial charge is 0.152 e. The molecule has 0 atom stereocenters. The minimum atomic E-state index is 0.449. The molecule has 0 unspecified atom stereocenters. The van der Waals surface area contributed by atoms with Crippen LogP contribution in [0.15, 0.2) is 71.3 Å². The number of furan rings is 1. The summed E-state index contributed by atoms with van der Waals surface area (Å²) in [5, 5.41) is 10.4. The molecule has 0 N–H and O–H groups in total. The number of halogens is 1. The number of nitriles is 1. The van der Waals surface area contributed by atoms with Gasteiger partial charge in [0.05, 0.1) is 22.9 Å². The van der Waals surface area contributed by atoms with Gasteiger partial charge in [-0.25, -0.2) is 4.98 Å². The highest BCUT2D eigenvalue weighted by molar-refractivity contribution is 6.30. The molecule has 5 heteroatoms. The summed E-state index contributed by atoms with van der Waals surface area (Å²) in [4.78, 5) is 4.68. The molecule has 4 rings (SSSR count). The highest BCUT2D eigenvalue weighted by atomic mass is 35.5. The summed E-state index contributed by atoms with van der Waals surface area (Å²) >= 11 is 5.99. The molecule has 126 valence electrons. The molecule has 2 aromatic heterocycles. The van der Waals surface area contributed by atoms with E-state index < -0.39 is 0 Å². The van der Waals surface area contributed by atoms with Crippen LogP contribution in [0.1, 0.15) is 17.1 Å². The Kier molecular flexibility index (Phi) is 4.30. The zero-order chi connectivity index (χ0) is 17.9.